The van der Waals surface area contributed by atoms with Crippen molar-refractivity contribution in [3.8, 4) is 0 Å². The van der Waals surface area contributed by atoms with Gasteiger partial charge in [-0.05, 0) is 77.9 Å². The summed E-state index contributed by atoms with van der Waals surface area (Å²) in [5, 5.41) is 2.95. The van der Waals surface area contributed by atoms with Gasteiger partial charge >= 0.3 is 0 Å². The summed E-state index contributed by atoms with van der Waals surface area (Å²) in [5.74, 6) is 0.313. The third-order valence-electron chi connectivity index (χ3n) is 8.16. The second kappa shape index (κ2) is 8.32. The molecular weight excluding hydrogens is 488 g/mol. The van der Waals surface area contributed by atoms with Crippen LogP contribution < -0.4 is 21.9 Å². The van der Waals surface area contributed by atoms with Crippen LogP contribution in [0.2, 0.25) is 0 Å². The van der Waals surface area contributed by atoms with Gasteiger partial charge in [-0.1, -0.05) is 13.0 Å². The smallest absolute Gasteiger partial charge is 0.248 e. The highest BCUT2D eigenvalue weighted by molar-refractivity contribution is 9.10. The average molecular weight is 519 g/mol. The van der Waals surface area contributed by atoms with E-state index in [0.29, 0.717) is 23.3 Å². The number of fused-ring (bicyclic) bond motifs is 2. The monoisotopic (exact) mass is 518 g/mol. The van der Waals surface area contributed by atoms with Crippen LogP contribution in [-0.4, -0.2) is 51.8 Å². The summed E-state index contributed by atoms with van der Waals surface area (Å²) in [5.41, 5.74) is 12.6. The maximum Gasteiger partial charge on any atom is 0.248 e. The topological polar surface area (TPSA) is 129 Å². The second-order valence-corrected chi connectivity index (χ2v) is 11.3. The maximum absolute atomic E-state index is 13.5. The van der Waals surface area contributed by atoms with E-state index in [1.807, 2.05) is 24.0 Å². The van der Waals surface area contributed by atoms with Gasteiger partial charge in [-0.2, -0.15) is 0 Å². The fourth-order valence-corrected chi connectivity index (χ4v) is 6.47. The van der Waals surface area contributed by atoms with Crippen molar-refractivity contribution in [2.24, 2.45) is 23.0 Å². The fourth-order valence-electron chi connectivity index (χ4n) is 6.16. The Bertz CT molecular complexity index is 1000. The predicted octanol–water partition coefficient (Wildman–Crippen LogP) is 1.61. The Morgan fingerprint density at radius 1 is 1.27 bits per heavy atom. The summed E-state index contributed by atoms with van der Waals surface area (Å²) in [7, 11) is 0. The Balaban J connectivity index is 1.27. The Kier molecular flexibility index (Phi) is 5.73. The number of anilines is 1. The molecule has 1 aromatic rings. The van der Waals surface area contributed by atoms with Gasteiger partial charge in [0.15, 0.2) is 0 Å². The summed E-state index contributed by atoms with van der Waals surface area (Å²) in [6.07, 6.45) is 4.62. The number of nitrogens with two attached hydrogens (primary N) is 1. The molecule has 5 N–H and O–H groups in total. The van der Waals surface area contributed by atoms with Crippen molar-refractivity contribution in [3.05, 3.63) is 22.3 Å². The number of nitrogens with one attached hydrogen (secondary N) is 3. The van der Waals surface area contributed by atoms with Crippen molar-refractivity contribution in [2.75, 3.05) is 5.32 Å². The molecule has 4 aliphatic rings. The third-order valence-corrected chi connectivity index (χ3v) is 8.60. The first-order valence-electron chi connectivity index (χ1n) is 11.7. The lowest BCUT2D eigenvalue weighted by Gasteiger charge is -2.34. The van der Waals surface area contributed by atoms with E-state index in [9.17, 15) is 14.4 Å². The Labute approximate surface area is 201 Å². The van der Waals surface area contributed by atoms with Gasteiger partial charge in [0.25, 0.3) is 0 Å². The van der Waals surface area contributed by atoms with E-state index in [1.54, 1.807) is 0 Å². The normalized spacial score (nSPS) is 36.8. The fraction of sp³-hybridized carbons (Fsp3) is 0.652. The molecule has 9 nitrogen and oxygen atoms in total. The van der Waals surface area contributed by atoms with Crippen LogP contribution in [0.1, 0.15) is 51.0 Å². The number of aromatic nitrogens is 1. The number of pyridine rings is 1. The van der Waals surface area contributed by atoms with Gasteiger partial charge in [0.1, 0.15) is 22.5 Å². The van der Waals surface area contributed by atoms with Gasteiger partial charge < -0.3 is 16.0 Å². The Hall–Kier alpha value is -2.04. The lowest BCUT2D eigenvalue weighted by molar-refractivity contribution is -0.139. The SMILES string of the molecule is Cc1ccc(Br)nc1NC(=O)[C@@H]1C[C@@]2(C)C[C@H]2N1C(=O)CC1CCC2NNC(C(N)=O)C2C1. The number of primary amides is 1. The van der Waals surface area contributed by atoms with E-state index >= 15 is 0 Å². The molecular formula is C23H31BrN6O3. The summed E-state index contributed by atoms with van der Waals surface area (Å²) in [4.78, 5) is 44.7. The molecule has 7 atom stereocenters. The molecule has 0 aromatic carbocycles. The first-order chi connectivity index (χ1) is 15.7. The molecule has 4 fully saturated rings. The highest BCUT2D eigenvalue weighted by Crippen LogP contribution is 2.59. The number of hydrazine groups is 1. The third kappa shape index (κ3) is 4.17. The molecule has 4 unspecified atom stereocenters. The maximum atomic E-state index is 13.5. The molecule has 3 heterocycles. The van der Waals surface area contributed by atoms with Crippen molar-refractivity contribution in [2.45, 2.75) is 76.5 Å². The molecule has 178 valence electrons. The summed E-state index contributed by atoms with van der Waals surface area (Å²) < 4.78 is 0.651. The minimum atomic E-state index is -0.481. The number of piperidine rings is 1. The highest BCUT2D eigenvalue weighted by atomic mass is 79.9. The van der Waals surface area contributed by atoms with Crippen LogP contribution in [0.25, 0.3) is 0 Å². The van der Waals surface area contributed by atoms with Gasteiger partial charge in [-0.15, -0.1) is 0 Å². The number of rotatable bonds is 5. The van der Waals surface area contributed by atoms with Crippen molar-refractivity contribution in [1.82, 2.24) is 20.7 Å². The van der Waals surface area contributed by atoms with E-state index in [0.717, 1.165) is 31.2 Å². The summed E-state index contributed by atoms with van der Waals surface area (Å²) >= 11 is 3.35. The van der Waals surface area contributed by atoms with Crippen molar-refractivity contribution in [1.29, 1.82) is 0 Å². The number of amides is 3. The van der Waals surface area contributed by atoms with Crippen LogP contribution in [0.15, 0.2) is 16.7 Å². The lowest BCUT2D eigenvalue weighted by Crippen LogP contribution is -2.47. The van der Waals surface area contributed by atoms with Crippen LogP contribution in [0.3, 0.4) is 0 Å². The van der Waals surface area contributed by atoms with Crippen LogP contribution in [-0.2, 0) is 14.4 Å². The number of carbonyl (C=O) groups is 3. The molecule has 33 heavy (non-hydrogen) atoms. The summed E-state index contributed by atoms with van der Waals surface area (Å²) in [6.45, 7) is 4.06. The Morgan fingerprint density at radius 3 is 2.82 bits per heavy atom. The molecule has 10 heteroatoms. The highest BCUT2D eigenvalue weighted by Gasteiger charge is 2.64. The van der Waals surface area contributed by atoms with Gasteiger partial charge in [0.05, 0.1) is 0 Å². The first-order valence-corrected chi connectivity index (χ1v) is 12.5. The van der Waals surface area contributed by atoms with Crippen molar-refractivity contribution >= 4 is 39.5 Å². The van der Waals surface area contributed by atoms with E-state index in [1.165, 1.54) is 0 Å². The number of nitrogens with zero attached hydrogens (tertiary/aromatic N) is 2. The predicted molar refractivity (Wildman–Crippen MR) is 126 cm³/mol. The molecule has 2 saturated heterocycles. The zero-order valence-electron chi connectivity index (χ0n) is 18.9. The van der Waals surface area contributed by atoms with Gasteiger partial charge in [-0.3, -0.25) is 19.8 Å². The van der Waals surface area contributed by atoms with E-state index < -0.39 is 12.1 Å². The minimum Gasteiger partial charge on any atom is -0.368 e. The number of hydrogen-bond donors (Lipinski definition) is 4. The summed E-state index contributed by atoms with van der Waals surface area (Å²) in [6, 6.07) is 3.19. The van der Waals surface area contributed by atoms with Gasteiger partial charge in [-0.25, -0.2) is 10.4 Å². The first kappa shape index (κ1) is 22.7. The van der Waals surface area contributed by atoms with E-state index in [-0.39, 0.29) is 47.1 Å². The van der Waals surface area contributed by atoms with Gasteiger partial charge in [0, 0.05) is 24.4 Å². The standard InChI is InChI=1S/C23H31BrN6O3/c1-11-3-6-17(24)26-21(11)27-22(33)15-9-23(2)10-16(23)30(15)18(31)8-12-4-5-14-13(7-12)19(20(25)32)29-28-14/h3,6,12-16,19,28-29H,4-5,7-10H2,1-2H3,(H2,25,32)(H,26,27,33)/t12?,13?,14?,15-,16+,19?,23-/m0/s1. The van der Waals surface area contributed by atoms with E-state index in [2.05, 4.69) is 44.0 Å². The molecule has 5 rings (SSSR count). The van der Waals surface area contributed by atoms with Crippen LogP contribution >= 0.6 is 15.9 Å². The number of aryl methyl sites for hydroxylation is 1. The number of halogens is 1. The molecule has 1 aromatic heterocycles. The van der Waals surface area contributed by atoms with Crippen molar-refractivity contribution in [3.63, 3.8) is 0 Å². The Morgan fingerprint density at radius 2 is 2.06 bits per heavy atom. The molecule has 0 radical (unpaired) electrons. The molecule has 2 aliphatic heterocycles. The van der Waals surface area contributed by atoms with Crippen LogP contribution in [0.4, 0.5) is 5.82 Å². The van der Waals surface area contributed by atoms with Gasteiger partial charge in [0.2, 0.25) is 17.7 Å². The second-order valence-electron chi connectivity index (χ2n) is 10.5. The number of hydrogen-bond acceptors (Lipinski definition) is 6. The average Bonchev–Trinajstić information content (AvgIpc) is 3.10. The quantitative estimate of drug-likeness (QED) is 0.438. The number of carbonyl (C=O) groups excluding carboxylic acids is 3. The lowest BCUT2D eigenvalue weighted by atomic mass is 9.74. The molecule has 2 saturated carbocycles. The zero-order chi connectivity index (χ0) is 23.5. The molecule has 0 spiro atoms. The van der Waals surface area contributed by atoms with Crippen molar-refractivity contribution < 1.29 is 14.4 Å². The van der Waals surface area contributed by atoms with E-state index in [4.69, 9.17) is 5.73 Å². The zero-order valence-corrected chi connectivity index (χ0v) is 20.5. The molecule has 0 bridgehead atoms. The van der Waals surface area contributed by atoms with Crippen LogP contribution in [0, 0.1) is 24.2 Å². The van der Waals surface area contributed by atoms with Crippen LogP contribution in [0.5, 0.6) is 0 Å². The molecule has 2 aliphatic carbocycles. The minimum absolute atomic E-state index is 0.0193. The number of likely N-dealkylation sites (tertiary alicyclic amines) is 1. The largest absolute Gasteiger partial charge is 0.368 e. The molecule has 3 amide bonds.